The maximum absolute atomic E-state index is 13.5. The van der Waals surface area contributed by atoms with Crippen molar-refractivity contribution >= 4 is 28.9 Å². The monoisotopic (exact) mass is 383 g/mol. The molecule has 1 nitrogen and oxygen atoms in total. The van der Waals surface area contributed by atoms with E-state index >= 15 is 0 Å². The molecule has 130 valence electrons. The van der Waals surface area contributed by atoms with E-state index in [1.165, 1.54) is 6.07 Å². The summed E-state index contributed by atoms with van der Waals surface area (Å²) in [5, 5.41) is 4.27. The minimum atomic E-state index is -4.40. The number of alkyl halides is 3. The number of hydrogen-bond acceptors (Lipinski definition) is 1. The molecule has 0 aromatic heterocycles. The predicted molar refractivity (Wildman–Crippen MR) is 94.3 cm³/mol. The summed E-state index contributed by atoms with van der Waals surface area (Å²) in [5.74, 6) is -0.0398. The van der Waals surface area contributed by atoms with E-state index < -0.39 is 17.8 Å². The van der Waals surface area contributed by atoms with Crippen LogP contribution in [0.25, 0.3) is 0 Å². The second-order valence-corrected chi connectivity index (χ2v) is 7.25. The maximum atomic E-state index is 13.5. The van der Waals surface area contributed by atoms with Crippen LogP contribution >= 0.6 is 23.2 Å². The number of rotatable bonds is 1. The second-order valence-electron chi connectivity index (χ2n) is 6.41. The molecule has 1 N–H and O–H groups in total. The Morgan fingerprint density at radius 1 is 1.08 bits per heavy atom. The van der Waals surface area contributed by atoms with Crippen molar-refractivity contribution < 1.29 is 13.2 Å². The van der Waals surface area contributed by atoms with Gasteiger partial charge in [0.15, 0.2) is 0 Å². The quantitative estimate of drug-likeness (QED) is 0.531. The highest BCUT2D eigenvalue weighted by molar-refractivity contribution is 6.35. The Balaban J connectivity index is 1.86. The highest BCUT2D eigenvalue weighted by atomic mass is 35.5. The summed E-state index contributed by atoms with van der Waals surface area (Å²) in [5.41, 5.74) is 1.27. The van der Waals surface area contributed by atoms with Gasteiger partial charge in [0, 0.05) is 27.2 Å². The zero-order chi connectivity index (χ0) is 17.8. The fraction of sp³-hybridized carbons (Fsp3) is 0.263. The van der Waals surface area contributed by atoms with Gasteiger partial charge in [-0.1, -0.05) is 53.6 Å². The van der Waals surface area contributed by atoms with Crippen LogP contribution in [0.4, 0.5) is 18.9 Å². The van der Waals surface area contributed by atoms with Crippen molar-refractivity contribution in [1.82, 2.24) is 0 Å². The van der Waals surface area contributed by atoms with Crippen molar-refractivity contribution in [2.45, 2.75) is 24.6 Å². The van der Waals surface area contributed by atoms with Gasteiger partial charge in [-0.2, -0.15) is 13.2 Å². The Labute approximate surface area is 153 Å². The molecule has 2 unspecified atom stereocenters. The third-order valence-electron chi connectivity index (χ3n) is 4.98. The number of halogens is 5. The maximum Gasteiger partial charge on any atom is 0.416 e. The lowest BCUT2D eigenvalue weighted by molar-refractivity contribution is -0.138. The van der Waals surface area contributed by atoms with Crippen LogP contribution in [0, 0.1) is 5.92 Å². The molecule has 0 fully saturated rings. The molecule has 2 aromatic rings. The summed E-state index contributed by atoms with van der Waals surface area (Å²) in [6.07, 6.45) is 0.354. The normalized spacial score (nSPS) is 24.6. The van der Waals surface area contributed by atoms with Crippen LogP contribution in [0.5, 0.6) is 0 Å². The molecule has 3 atom stereocenters. The minimum absolute atomic E-state index is 0.0188. The van der Waals surface area contributed by atoms with Crippen molar-refractivity contribution in [2.24, 2.45) is 5.92 Å². The van der Waals surface area contributed by atoms with E-state index in [4.69, 9.17) is 23.2 Å². The molecule has 0 amide bonds. The number of anilines is 1. The molecule has 2 aromatic carbocycles. The molecule has 0 saturated carbocycles. The first kappa shape index (κ1) is 16.8. The average molecular weight is 384 g/mol. The van der Waals surface area contributed by atoms with Gasteiger partial charge in [0.1, 0.15) is 0 Å². The molecule has 25 heavy (non-hydrogen) atoms. The predicted octanol–water partition coefficient (Wildman–Crippen LogP) is 6.84. The summed E-state index contributed by atoms with van der Waals surface area (Å²) >= 11 is 12.5. The highest BCUT2D eigenvalue weighted by Crippen LogP contribution is 2.53. The van der Waals surface area contributed by atoms with Gasteiger partial charge in [-0.15, -0.1) is 0 Å². The van der Waals surface area contributed by atoms with E-state index in [0.717, 1.165) is 11.6 Å². The Bertz CT molecular complexity index is 860. The number of fused-ring (bicyclic) bond motifs is 3. The topological polar surface area (TPSA) is 12.0 Å². The molecule has 1 heterocycles. The van der Waals surface area contributed by atoms with Gasteiger partial charge < -0.3 is 5.32 Å². The molecule has 6 heteroatoms. The van der Waals surface area contributed by atoms with Gasteiger partial charge in [-0.3, -0.25) is 0 Å². The van der Waals surface area contributed by atoms with Crippen LogP contribution in [0.1, 0.15) is 35.1 Å². The molecule has 1 aliphatic carbocycles. The molecule has 0 radical (unpaired) electrons. The van der Waals surface area contributed by atoms with Gasteiger partial charge in [-0.25, -0.2) is 0 Å². The molecule has 0 saturated heterocycles. The summed E-state index contributed by atoms with van der Waals surface area (Å²) in [4.78, 5) is 0. The van der Waals surface area contributed by atoms with Gasteiger partial charge in [0.2, 0.25) is 0 Å². The van der Waals surface area contributed by atoms with Crippen LogP contribution in [-0.4, -0.2) is 0 Å². The van der Waals surface area contributed by atoms with Gasteiger partial charge in [0.05, 0.1) is 11.6 Å². The largest absolute Gasteiger partial charge is 0.416 e. The van der Waals surface area contributed by atoms with E-state index in [1.807, 2.05) is 12.2 Å². The molecule has 2 aliphatic rings. The van der Waals surface area contributed by atoms with Crippen LogP contribution < -0.4 is 5.32 Å². The number of nitrogens with one attached hydrogen (secondary N) is 1. The SMILES string of the molecule is FC(F)(F)c1ccccc1[C@H]1Nc2cc(Cl)cc(Cl)c2C2C=CCC21. The Hall–Kier alpha value is -1.65. The molecule has 0 spiro atoms. The van der Waals surface area contributed by atoms with Crippen molar-refractivity contribution in [2.75, 3.05) is 5.32 Å². The van der Waals surface area contributed by atoms with Crippen molar-refractivity contribution in [3.05, 3.63) is 75.3 Å². The lowest BCUT2D eigenvalue weighted by atomic mass is 9.76. The molecule has 4 rings (SSSR count). The summed E-state index contributed by atoms with van der Waals surface area (Å²) in [6.45, 7) is 0. The van der Waals surface area contributed by atoms with Crippen molar-refractivity contribution in [3.8, 4) is 0 Å². The van der Waals surface area contributed by atoms with E-state index in [9.17, 15) is 13.2 Å². The first-order valence-corrected chi connectivity index (χ1v) is 8.70. The molecular weight excluding hydrogens is 370 g/mol. The van der Waals surface area contributed by atoms with Gasteiger partial charge in [0.25, 0.3) is 0 Å². The zero-order valence-corrected chi connectivity index (χ0v) is 14.5. The Kier molecular flexibility index (Phi) is 4.00. The lowest BCUT2D eigenvalue weighted by Crippen LogP contribution is -2.31. The van der Waals surface area contributed by atoms with Crippen LogP contribution in [0.15, 0.2) is 48.6 Å². The number of hydrogen-bond donors (Lipinski definition) is 1. The third kappa shape index (κ3) is 2.81. The van der Waals surface area contributed by atoms with E-state index in [0.29, 0.717) is 22.2 Å². The average Bonchev–Trinajstić information content (AvgIpc) is 3.02. The van der Waals surface area contributed by atoms with E-state index in [2.05, 4.69) is 5.32 Å². The lowest BCUT2D eigenvalue weighted by Gasteiger charge is -2.39. The number of benzene rings is 2. The highest BCUT2D eigenvalue weighted by Gasteiger charge is 2.43. The van der Waals surface area contributed by atoms with E-state index in [1.54, 1.807) is 24.3 Å². The standard InChI is InChI=1S/C19H14Cl2F3N/c20-10-8-15(21)17-11-5-3-6-12(11)18(25-16(17)9-10)13-4-1-2-7-14(13)19(22,23)24/h1-5,7-9,11-12,18,25H,6H2/t11?,12?,18-/m0/s1. The van der Waals surface area contributed by atoms with Crippen LogP contribution in [0.3, 0.4) is 0 Å². The first-order chi connectivity index (χ1) is 11.9. The number of allylic oxidation sites excluding steroid dienone is 2. The first-order valence-electron chi connectivity index (χ1n) is 7.94. The van der Waals surface area contributed by atoms with E-state index in [-0.39, 0.29) is 17.4 Å². The second kappa shape index (κ2) is 5.96. The third-order valence-corrected chi connectivity index (χ3v) is 5.51. The zero-order valence-electron chi connectivity index (χ0n) is 12.9. The van der Waals surface area contributed by atoms with Crippen LogP contribution in [0.2, 0.25) is 10.0 Å². The molecule has 0 bridgehead atoms. The van der Waals surface area contributed by atoms with Crippen molar-refractivity contribution in [1.29, 1.82) is 0 Å². The fourth-order valence-electron chi connectivity index (χ4n) is 3.98. The van der Waals surface area contributed by atoms with Gasteiger partial charge >= 0.3 is 6.18 Å². The molecule has 1 aliphatic heterocycles. The van der Waals surface area contributed by atoms with Crippen molar-refractivity contribution in [3.63, 3.8) is 0 Å². The summed E-state index contributed by atoms with van der Waals surface area (Å²) in [6, 6.07) is 8.69. The molecular formula is C19H14Cl2F3N. The minimum Gasteiger partial charge on any atom is -0.378 e. The Morgan fingerprint density at radius 2 is 1.84 bits per heavy atom. The Morgan fingerprint density at radius 3 is 2.60 bits per heavy atom. The van der Waals surface area contributed by atoms with Crippen LogP contribution in [-0.2, 0) is 6.18 Å². The van der Waals surface area contributed by atoms with Gasteiger partial charge in [-0.05, 0) is 36.1 Å². The smallest absolute Gasteiger partial charge is 0.378 e. The summed E-state index contributed by atoms with van der Waals surface area (Å²) in [7, 11) is 0. The fourth-order valence-corrected chi connectivity index (χ4v) is 4.60. The summed E-state index contributed by atoms with van der Waals surface area (Å²) < 4.78 is 40.5.